The lowest BCUT2D eigenvalue weighted by molar-refractivity contribution is -0.137. The average Bonchev–Trinajstić information content (AvgIpc) is 2.38. The van der Waals surface area contributed by atoms with E-state index in [1.54, 1.807) is 24.3 Å². The van der Waals surface area contributed by atoms with Gasteiger partial charge in [-0.05, 0) is 18.6 Å². The molecule has 0 saturated carbocycles. The predicted molar refractivity (Wildman–Crippen MR) is 64.7 cm³/mol. The van der Waals surface area contributed by atoms with Crippen molar-refractivity contribution < 1.29 is 18.0 Å². The molecule has 0 aliphatic heterocycles. The highest BCUT2D eigenvalue weighted by atomic mass is 19.4. The summed E-state index contributed by atoms with van der Waals surface area (Å²) in [7, 11) is 0. The number of pyridine rings is 1. The molecule has 0 amide bonds. The summed E-state index contributed by atoms with van der Waals surface area (Å²) < 4.78 is 37.7. The first kappa shape index (κ1) is 13.3. The largest absolute Gasteiger partial charge is 0.417 e. The Morgan fingerprint density at radius 3 is 2.21 bits per heavy atom. The summed E-state index contributed by atoms with van der Waals surface area (Å²) in [5.41, 5.74) is 0.679. The molecule has 0 atom stereocenters. The summed E-state index contributed by atoms with van der Waals surface area (Å²) in [4.78, 5) is 14.7. The van der Waals surface area contributed by atoms with Gasteiger partial charge in [-0.15, -0.1) is 0 Å². The molecule has 0 unspecified atom stereocenters. The first-order valence-electron chi connectivity index (χ1n) is 5.51. The van der Waals surface area contributed by atoms with Crippen molar-refractivity contribution in [3.05, 3.63) is 53.9 Å². The van der Waals surface area contributed by atoms with Gasteiger partial charge in [-0.1, -0.05) is 24.3 Å². The Balaban J connectivity index is 2.39. The Bertz CT molecular complexity index is 603. The number of aromatic nitrogens is 1. The molecule has 2 rings (SSSR count). The number of Topliss-reactive ketones (excluding diaryl/α,β-unsaturated/α-hetero) is 1. The number of rotatable bonds is 2. The molecule has 98 valence electrons. The molecule has 0 fully saturated rings. The van der Waals surface area contributed by atoms with Crippen molar-refractivity contribution in [3.8, 4) is 11.1 Å². The summed E-state index contributed by atoms with van der Waals surface area (Å²) in [5.74, 6) is -0.0892. The Labute approximate surface area is 107 Å². The standard InChI is InChI=1S/C14H10F3NO/c1-9(19)10-2-4-11(5-3-10)12-6-13(8-18-7-12)14(15,16)17/h2-8H,1H3. The average molecular weight is 265 g/mol. The van der Waals surface area contributed by atoms with E-state index in [0.717, 1.165) is 12.3 Å². The summed E-state index contributed by atoms with van der Waals surface area (Å²) in [6.45, 7) is 1.43. The lowest BCUT2D eigenvalue weighted by Crippen LogP contribution is -2.05. The van der Waals surface area contributed by atoms with Crippen molar-refractivity contribution >= 4 is 5.78 Å². The van der Waals surface area contributed by atoms with E-state index in [4.69, 9.17) is 0 Å². The molecular weight excluding hydrogens is 255 g/mol. The van der Waals surface area contributed by atoms with Gasteiger partial charge in [0.1, 0.15) is 0 Å². The van der Waals surface area contributed by atoms with Crippen molar-refractivity contribution in [1.29, 1.82) is 0 Å². The normalized spacial score (nSPS) is 11.4. The van der Waals surface area contributed by atoms with Crippen LogP contribution >= 0.6 is 0 Å². The highest BCUT2D eigenvalue weighted by molar-refractivity contribution is 5.94. The van der Waals surface area contributed by atoms with Crippen LogP contribution in [0.25, 0.3) is 11.1 Å². The Morgan fingerprint density at radius 2 is 1.68 bits per heavy atom. The minimum absolute atomic E-state index is 0.0892. The zero-order valence-electron chi connectivity index (χ0n) is 10.0. The van der Waals surface area contributed by atoms with Gasteiger partial charge in [-0.3, -0.25) is 9.78 Å². The van der Waals surface area contributed by atoms with E-state index in [9.17, 15) is 18.0 Å². The first-order chi connectivity index (χ1) is 8.88. The molecule has 2 aromatic rings. The Morgan fingerprint density at radius 1 is 1.05 bits per heavy atom. The first-order valence-corrected chi connectivity index (χ1v) is 5.51. The zero-order chi connectivity index (χ0) is 14.0. The highest BCUT2D eigenvalue weighted by Gasteiger charge is 2.31. The Hall–Kier alpha value is -2.17. The van der Waals surface area contributed by atoms with Crippen LogP contribution in [0.5, 0.6) is 0 Å². The molecule has 0 spiro atoms. The second kappa shape index (κ2) is 4.84. The van der Waals surface area contributed by atoms with Gasteiger partial charge in [0, 0.05) is 23.5 Å². The predicted octanol–water partition coefficient (Wildman–Crippen LogP) is 3.97. The van der Waals surface area contributed by atoms with Crippen LogP contribution in [0.2, 0.25) is 0 Å². The molecule has 0 aliphatic rings. The van der Waals surface area contributed by atoms with Crippen LogP contribution in [-0.2, 0) is 6.18 Å². The molecule has 0 aliphatic carbocycles. The van der Waals surface area contributed by atoms with E-state index in [0.29, 0.717) is 16.7 Å². The van der Waals surface area contributed by atoms with Crippen molar-refractivity contribution in [1.82, 2.24) is 4.98 Å². The molecule has 0 radical (unpaired) electrons. The molecule has 1 aromatic heterocycles. The van der Waals surface area contributed by atoms with E-state index >= 15 is 0 Å². The van der Waals surface area contributed by atoms with E-state index < -0.39 is 11.7 Å². The minimum Gasteiger partial charge on any atom is -0.295 e. The van der Waals surface area contributed by atoms with Gasteiger partial charge in [0.15, 0.2) is 5.78 Å². The number of hydrogen-bond acceptors (Lipinski definition) is 2. The molecule has 19 heavy (non-hydrogen) atoms. The van der Waals surface area contributed by atoms with Crippen LogP contribution in [0.15, 0.2) is 42.7 Å². The zero-order valence-corrected chi connectivity index (χ0v) is 10.0. The molecule has 1 aromatic carbocycles. The summed E-state index contributed by atoms with van der Waals surface area (Å²) in [6.07, 6.45) is -2.27. The Kier molecular flexibility index (Phi) is 3.38. The molecule has 5 heteroatoms. The summed E-state index contributed by atoms with van der Waals surface area (Å²) in [6, 6.07) is 7.41. The number of carbonyl (C=O) groups is 1. The van der Waals surface area contributed by atoms with Crippen LogP contribution < -0.4 is 0 Å². The maximum absolute atomic E-state index is 12.6. The van der Waals surface area contributed by atoms with Crippen LogP contribution in [-0.4, -0.2) is 10.8 Å². The molecule has 1 heterocycles. The fourth-order valence-corrected chi connectivity index (χ4v) is 1.65. The molecule has 0 N–H and O–H groups in total. The lowest BCUT2D eigenvalue weighted by atomic mass is 10.0. The van der Waals surface area contributed by atoms with Crippen molar-refractivity contribution in [2.24, 2.45) is 0 Å². The van der Waals surface area contributed by atoms with Crippen LogP contribution in [0.3, 0.4) is 0 Å². The fourth-order valence-electron chi connectivity index (χ4n) is 1.65. The lowest BCUT2D eigenvalue weighted by Gasteiger charge is -2.08. The topological polar surface area (TPSA) is 30.0 Å². The van der Waals surface area contributed by atoms with Crippen molar-refractivity contribution in [2.45, 2.75) is 13.1 Å². The number of carbonyl (C=O) groups excluding carboxylic acids is 1. The van der Waals surface area contributed by atoms with Gasteiger partial charge in [-0.2, -0.15) is 13.2 Å². The van der Waals surface area contributed by atoms with Gasteiger partial charge in [0.2, 0.25) is 0 Å². The highest BCUT2D eigenvalue weighted by Crippen LogP contribution is 2.31. The molecule has 0 saturated heterocycles. The van der Waals surface area contributed by atoms with Gasteiger partial charge in [0.05, 0.1) is 5.56 Å². The second-order valence-electron chi connectivity index (χ2n) is 4.09. The van der Waals surface area contributed by atoms with E-state index in [-0.39, 0.29) is 5.78 Å². The van der Waals surface area contributed by atoms with Crippen molar-refractivity contribution in [2.75, 3.05) is 0 Å². The van der Waals surface area contributed by atoms with E-state index in [2.05, 4.69) is 4.98 Å². The maximum Gasteiger partial charge on any atom is 0.417 e. The third-order valence-corrected chi connectivity index (χ3v) is 2.69. The number of benzene rings is 1. The second-order valence-corrected chi connectivity index (χ2v) is 4.09. The van der Waals surface area contributed by atoms with Gasteiger partial charge < -0.3 is 0 Å². The fraction of sp³-hybridized carbons (Fsp3) is 0.143. The number of ketones is 1. The third kappa shape index (κ3) is 2.99. The van der Waals surface area contributed by atoms with Crippen LogP contribution in [0.4, 0.5) is 13.2 Å². The molecular formula is C14H10F3NO. The van der Waals surface area contributed by atoms with Crippen LogP contribution in [0, 0.1) is 0 Å². The third-order valence-electron chi connectivity index (χ3n) is 2.69. The maximum atomic E-state index is 12.6. The van der Waals surface area contributed by atoms with Gasteiger partial charge in [-0.25, -0.2) is 0 Å². The molecule has 0 bridgehead atoms. The monoisotopic (exact) mass is 265 g/mol. The minimum atomic E-state index is -4.41. The number of hydrogen-bond donors (Lipinski definition) is 0. The van der Waals surface area contributed by atoms with Crippen molar-refractivity contribution in [3.63, 3.8) is 0 Å². The molecule has 2 nitrogen and oxygen atoms in total. The number of alkyl halides is 3. The van der Waals surface area contributed by atoms with Gasteiger partial charge in [0.25, 0.3) is 0 Å². The SMILES string of the molecule is CC(=O)c1ccc(-c2cncc(C(F)(F)F)c2)cc1. The van der Waals surface area contributed by atoms with Gasteiger partial charge >= 0.3 is 6.18 Å². The smallest absolute Gasteiger partial charge is 0.295 e. The summed E-state index contributed by atoms with van der Waals surface area (Å²) >= 11 is 0. The van der Waals surface area contributed by atoms with E-state index in [1.807, 2.05) is 0 Å². The number of nitrogens with zero attached hydrogens (tertiary/aromatic N) is 1. The number of halogens is 3. The van der Waals surface area contributed by atoms with Crippen LogP contribution in [0.1, 0.15) is 22.8 Å². The quantitative estimate of drug-likeness (QED) is 0.769. The van der Waals surface area contributed by atoms with E-state index in [1.165, 1.54) is 13.1 Å². The summed E-state index contributed by atoms with van der Waals surface area (Å²) in [5, 5.41) is 0.